The normalized spacial score (nSPS) is 11.7. The van der Waals surface area contributed by atoms with Crippen molar-refractivity contribution in [1.29, 1.82) is 0 Å². The van der Waals surface area contributed by atoms with E-state index in [1.165, 1.54) is 31.2 Å². The maximum Gasteiger partial charge on any atom is 0.376 e. The summed E-state index contributed by atoms with van der Waals surface area (Å²) < 4.78 is 4.48. The monoisotopic (exact) mass is 239 g/mol. The number of rotatable bonds is 4. The van der Waals surface area contributed by atoms with Gasteiger partial charge in [0.2, 0.25) is 5.82 Å². The molecule has 7 heteroatoms. The first-order valence-corrected chi connectivity index (χ1v) is 4.84. The van der Waals surface area contributed by atoms with Crippen LogP contribution >= 0.6 is 0 Å². The summed E-state index contributed by atoms with van der Waals surface area (Å²) in [6, 6.07) is 0.765. The van der Waals surface area contributed by atoms with Gasteiger partial charge in [-0.2, -0.15) is 0 Å². The maximum atomic E-state index is 11.2. The number of ether oxygens (including phenoxy) is 1. The zero-order valence-electron chi connectivity index (χ0n) is 9.75. The number of methoxy groups -OCH3 is 1. The number of carboxylic acid groups (broad SMARTS) is 1. The molecular weight excluding hydrogens is 226 g/mol. The Kier molecular flexibility index (Phi) is 3.97. The van der Waals surface area contributed by atoms with Crippen LogP contribution in [0.4, 0.5) is 5.82 Å². The van der Waals surface area contributed by atoms with E-state index in [9.17, 15) is 9.59 Å². The molecule has 1 unspecified atom stereocenters. The van der Waals surface area contributed by atoms with Gasteiger partial charge >= 0.3 is 11.9 Å². The molecule has 7 nitrogen and oxygen atoms in total. The molecule has 0 aliphatic carbocycles. The molecule has 1 heterocycles. The Hall–Kier alpha value is -2.18. The molecule has 17 heavy (non-hydrogen) atoms. The van der Waals surface area contributed by atoms with Crippen LogP contribution in [0.3, 0.4) is 0 Å². The standard InChI is InChI=1S/C10H13N3O4/c1-6(9(14)15)13(2)7-4-5-11-8(12-7)10(16)17-3/h4-6H,1-3H3,(H,14,15). The fourth-order valence-electron chi connectivity index (χ4n) is 1.10. The van der Waals surface area contributed by atoms with Crippen molar-refractivity contribution < 1.29 is 19.4 Å². The van der Waals surface area contributed by atoms with Gasteiger partial charge in [-0.15, -0.1) is 0 Å². The molecule has 0 saturated carbocycles. The van der Waals surface area contributed by atoms with Crippen molar-refractivity contribution in [1.82, 2.24) is 9.97 Å². The van der Waals surface area contributed by atoms with Gasteiger partial charge in [-0.1, -0.05) is 0 Å². The van der Waals surface area contributed by atoms with Gasteiger partial charge in [0.05, 0.1) is 7.11 Å². The van der Waals surface area contributed by atoms with Crippen LogP contribution < -0.4 is 4.90 Å². The Morgan fingerprint density at radius 2 is 2.18 bits per heavy atom. The van der Waals surface area contributed by atoms with Gasteiger partial charge in [0.25, 0.3) is 0 Å². The van der Waals surface area contributed by atoms with Gasteiger partial charge in [0, 0.05) is 13.2 Å². The molecule has 0 bridgehead atoms. The summed E-state index contributed by atoms with van der Waals surface area (Å²) in [4.78, 5) is 31.1. The second kappa shape index (κ2) is 5.24. The van der Waals surface area contributed by atoms with E-state index in [0.29, 0.717) is 5.82 Å². The molecule has 0 radical (unpaired) electrons. The van der Waals surface area contributed by atoms with Crippen LogP contribution in [0.15, 0.2) is 12.3 Å². The van der Waals surface area contributed by atoms with E-state index in [0.717, 1.165) is 0 Å². The lowest BCUT2D eigenvalue weighted by Crippen LogP contribution is -2.36. The molecule has 0 aliphatic heterocycles. The molecule has 0 fully saturated rings. The smallest absolute Gasteiger partial charge is 0.376 e. The molecule has 1 atom stereocenters. The van der Waals surface area contributed by atoms with Gasteiger partial charge in [0.1, 0.15) is 11.9 Å². The maximum absolute atomic E-state index is 11.2. The minimum Gasteiger partial charge on any atom is -0.480 e. The third-order valence-electron chi connectivity index (χ3n) is 2.31. The quantitative estimate of drug-likeness (QED) is 0.748. The molecule has 1 aromatic heterocycles. The average Bonchev–Trinajstić information content (AvgIpc) is 2.36. The molecule has 0 aliphatic rings. The summed E-state index contributed by atoms with van der Waals surface area (Å²) in [6.45, 7) is 1.52. The number of aliphatic carboxylic acids is 1. The zero-order chi connectivity index (χ0) is 13.0. The van der Waals surface area contributed by atoms with Crippen molar-refractivity contribution in [2.75, 3.05) is 19.1 Å². The Morgan fingerprint density at radius 1 is 1.53 bits per heavy atom. The summed E-state index contributed by atoms with van der Waals surface area (Å²) in [7, 11) is 2.80. The van der Waals surface area contributed by atoms with Crippen molar-refractivity contribution in [3.8, 4) is 0 Å². The molecule has 0 saturated heterocycles. The number of carboxylic acids is 1. The number of carbonyl (C=O) groups is 2. The third-order valence-corrected chi connectivity index (χ3v) is 2.31. The van der Waals surface area contributed by atoms with E-state index < -0.39 is 18.0 Å². The molecule has 92 valence electrons. The lowest BCUT2D eigenvalue weighted by molar-refractivity contribution is -0.138. The van der Waals surface area contributed by atoms with Crippen LogP contribution in [0.5, 0.6) is 0 Å². The zero-order valence-corrected chi connectivity index (χ0v) is 9.75. The first-order chi connectivity index (χ1) is 7.97. The number of hydrogen-bond acceptors (Lipinski definition) is 6. The Labute approximate surface area is 98.1 Å². The summed E-state index contributed by atoms with van der Waals surface area (Å²) in [6.07, 6.45) is 1.37. The molecule has 1 N–H and O–H groups in total. The molecule has 1 rings (SSSR count). The van der Waals surface area contributed by atoms with Crippen LogP contribution in [0.1, 0.15) is 17.5 Å². The number of aromatic nitrogens is 2. The van der Waals surface area contributed by atoms with E-state index in [2.05, 4.69) is 14.7 Å². The van der Waals surface area contributed by atoms with Gasteiger partial charge in [-0.25, -0.2) is 19.6 Å². The number of likely N-dealkylation sites (N-methyl/N-ethyl adjacent to an activating group) is 1. The molecule has 0 spiro atoms. The number of esters is 1. The van der Waals surface area contributed by atoms with Crippen LogP contribution in [-0.4, -0.2) is 47.2 Å². The van der Waals surface area contributed by atoms with E-state index >= 15 is 0 Å². The third kappa shape index (κ3) is 2.90. The molecular formula is C10H13N3O4. The highest BCUT2D eigenvalue weighted by atomic mass is 16.5. The fraction of sp³-hybridized carbons (Fsp3) is 0.400. The van der Waals surface area contributed by atoms with E-state index in [1.807, 2.05) is 0 Å². The van der Waals surface area contributed by atoms with Crippen molar-refractivity contribution in [3.05, 3.63) is 18.1 Å². The van der Waals surface area contributed by atoms with Crippen molar-refractivity contribution in [2.45, 2.75) is 13.0 Å². The van der Waals surface area contributed by atoms with Gasteiger partial charge in [-0.05, 0) is 13.0 Å². The first kappa shape index (κ1) is 12.9. The first-order valence-electron chi connectivity index (χ1n) is 4.84. The lowest BCUT2D eigenvalue weighted by Gasteiger charge is -2.22. The molecule has 1 aromatic rings. The number of hydrogen-bond donors (Lipinski definition) is 1. The van der Waals surface area contributed by atoms with Crippen molar-refractivity contribution in [2.24, 2.45) is 0 Å². The minimum absolute atomic E-state index is 0.102. The number of carbonyl (C=O) groups excluding carboxylic acids is 1. The lowest BCUT2D eigenvalue weighted by atomic mass is 10.3. The predicted octanol–water partition coefficient (Wildman–Crippen LogP) is 0.172. The Balaban J connectivity index is 2.99. The van der Waals surface area contributed by atoms with Crippen LogP contribution in [0, 0.1) is 0 Å². The van der Waals surface area contributed by atoms with Gasteiger partial charge in [0.15, 0.2) is 0 Å². The highest BCUT2D eigenvalue weighted by Crippen LogP contribution is 2.11. The molecule has 0 amide bonds. The van der Waals surface area contributed by atoms with Crippen LogP contribution in [0.25, 0.3) is 0 Å². The van der Waals surface area contributed by atoms with Gasteiger partial charge in [-0.3, -0.25) is 0 Å². The van der Waals surface area contributed by atoms with E-state index in [-0.39, 0.29) is 5.82 Å². The van der Waals surface area contributed by atoms with E-state index in [4.69, 9.17) is 5.11 Å². The highest BCUT2D eigenvalue weighted by Gasteiger charge is 2.19. The van der Waals surface area contributed by atoms with Crippen LogP contribution in [0.2, 0.25) is 0 Å². The largest absolute Gasteiger partial charge is 0.480 e. The number of nitrogens with zero attached hydrogens (tertiary/aromatic N) is 3. The summed E-state index contributed by atoms with van der Waals surface area (Å²) in [5.74, 6) is -1.40. The second-order valence-corrected chi connectivity index (χ2v) is 3.36. The van der Waals surface area contributed by atoms with Crippen LogP contribution in [-0.2, 0) is 9.53 Å². The van der Waals surface area contributed by atoms with Gasteiger partial charge < -0.3 is 14.7 Å². The average molecular weight is 239 g/mol. The topological polar surface area (TPSA) is 92.6 Å². The fourth-order valence-corrected chi connectivity index (χ4v) is 1.10. The van der Waals surface area contributed by atoms with Crippen molar-refractivity contribution >= 4 is 17.8 Å². The number of anilines is 1. The van der Waals surface area contributed by atoms with Crippen molar-refractivity contribution in [3.63, 3.8) is 0 Å². The summed E-state index contributed by atoms with van der Waals surface area (Å²) in [5, 5.41) is 8.86. The van der Waals surface area contributed by atoms with E-state index in [1.54, 1.807) is 7.05 Å². The molecule has 0 aromatic carbocycles. The summed E-state index contributed by atoms with van der Waals surface area (Å²) >= 11 is 0. The highest BCUT2D eigenvalue weighted by molar-refractivity contribution is 5.85. The predicted molar refractivity (Wildman–Crippen MR) is 58.9 cm³/mol. The summed E-state index contributed by atoms with van der Waals surface area (Å²) in [5.41, 5.74) is 0. The second-order valence-electron chi connectivity index (χ2n) is 3.36. The Morgan fingerprint density at radius 3 is 2.71 bits per heavy atom. The SMILES string of the molecule is COC(=O)c1nccc(N(C)C(C)C(=O)O)n1. The Bertz CT molecular complexity index is 435. The minimum atomic E-state index is -0.981.